The van der Waals surface area contributed by atoms with Crippen LogP contribution in [-0.2, 0) is 4.79 Å². The van der Waals surface area contributed by atoms with E-state index >= 15 is 0 Å². The summed E-state index contributed by atoms with van der Waals surface area (Å²) in [5, 5.41) is 6.57. The molecule has 0 aromatic heterocycles. The number of carbonyl (C=O) groups is 1. The highest BCUT2D eigenvalue weighted by Crippen LogP contribution is 2.43. The lowest BCUT2D eigenvalue weighted by Gasteiger charge is -2.28. The average Bonchev–Trinajstić information content (AvgIpc) is 2.92. The van der Waals surface area contributed by atoms with Crippen LogP contribution in [0.15, 0.2) is 115 Å². The van der Waals surface area contributed by atoms with Gasteiger partial charge in [0.05, 0.1) is 0 Å². The van der Waals surface area contributed by atoms with Gasteiger partial charge in [-0.05, 0) is 41.4 Å². The zero-order chi connectivity index (χ0) is 24.8. The second-order valence-electron chi connectivity index (χ2n) is 7.16. The summed E-state index contributed by atoms with van der Waals surface area (Å²) in [4.78, 5) is 13.4. The second kappa shape index (κ2) is 14.0. The van der Waals surface area contributed by atoms with Crippen molar-refractivity contribution in [2.75, 3.05) is 5.32 Å². The normalized spacial score (nSPS) is 10.0. The molecule has 176 valence electrons. The Morgan fingerprint density at radius 1 is 0.588 bits per heavy atom. The number of benzene rings is 4. The van der Waals surface area contributed by atoms with Crippen molar-refractivity contribution in [3.8, 4) is 0 Å². The van der Waals surface area contributed by atoms with Gasteiger partial charge in [-0.3, -0.25) is 4.79 Å². The predicted octanol–water partition coefficient (Wildman–Crippen LogP) is 6.78. The van der Waals surface area contributed by atoms with Crippen molar-refractivity contribution in [3.63, 3.8) is 0 Å². The summed E-state index contributed by atoms with van der Waals surface area (Å²) < 4.78 is 0. The first-order chi connectivity index (χ1) is 16.7. The molecule has 3 heteroatoms. The first kappa shape index (κ1) is 26.9. The van der Waals surface area contributed by atoms with Crippen LogP contribution in [0.5, 0.6) is 0 Å². The third-order valence-electron chi connectivity index (χ3n) is 5.20. The van der Waals surface area contributed by atoms with Crippen molar-refractivity contribution in [1.29, 1.82) is 0 Å². The molecule has 0 atom stereocenters. The van der Waals surface area contributed by atoms with Gasteiger partial charge in [0.1, 0.15) is 0 Å². The van der Waals surface area contributed by atoms with E-state index in [9.17, 15) is 4.79 Å². The van der Waals surface area contributed by atoms with Crippen molar-refractivity contribution < 1.29 is 4.79 Å². The molecule has 0 radical (unpaired) electrons. The molecule has 34 heavy (non-hydrogen) atoms. The van der Waals surface area contributed by atoms with Crippen LogP contribution in [0, 0.1) is 6.92 Å². The summed E-state index contributed by atoms with van der Waals surface area (Å²) in [6.45, 7) is 7.71. The minimum absolute atomic E-state index is 0.0887. The lowest BCUT2D eigenvalue weighted by Crippen LogP contribution is -2.30. The molecular weight excluding hydrogens is 433 g/mol. The van der Waals surface area contributed by atoms with Gasteiger partial charge in [-0.15, -0.1) is 0 Å². The fourth-order valence-electron chi connectivity index (χ4n) is 3.71. The van der Waals surface area contributed by atoms with Crippen LogP contribution in [0.3, 0.4) is 0 Å². The smallest absolute Gasteiger partial charge is 0.249 e. The highest BCUT2D eigenvalue weighted by molar-refractivity contribution is 7.95. The maximum Gasteiger partial charge on any atom is 0.249 e. The Bertz CT molecular complexity index is 1080. The van der Waals surface area contributed by atoms with Gasteiger partial charge in [-0.25, -0.2) is 0 Å². The van der Waals surface area contributed by atoms with Gasteiger partial charge in [-0.1, -0.05) is 137 Å². The molecule has 0 spiro atoms. The fraction of sp³-hybridized carbons (Fsp3) is 0.161. The SMILES string of the molecule is CC.CC.Cc1ccccc1NC(=O)C=P(c1ccccc1)(c1ccccc1)c1ccccc1. The first-order valence-electron chi connectivity index (χ1n) is 12.0. The first-order valence-corrected chi connectivity index (χ1v) is 13.8. The topological polar surface area (TPSA) is 29.1 Å². The van der Waals surface area contributed by atoms with Crippen LogP contribution in [0.25, 0.3) is 0 Å². The van der Waals surface area contributed by atoms with Crippen molar-refractivity contribution >= 4 is 40.2 Å². The quantitative estimate of drug-likeness (QED) is 0.321. The van der Waals surface area contributed by atoms with E-state index in [2.05, 4.69) is 41.7 Å². The summed E-state index contributed by atoms with van der Waals surface area (Å²) >= 11 is 0. The second-order valence-corrected chi connectivity index (χ2v) is 10.4. The highest BCUT2D eigenvalue weighted by atomic mass is 31.2. The van der Waals surface area contributed by atoms with Gasteiger partial charge in [0.25, 0.3) is 0 Å². The maximum absolute atomic E-state index is 13.4. The minimum atomic E-state index is -2.30. The molecule has 2 nitrogen and oxygen atoms in total. The van der Waals surface area contributed by atoms with E-state index in [4.69, 9.17) is 0 Å². The lowest BCUT2D eigenvalue weighted by molar-refractivity contribution is -0.109. The molecule has 4 aromatic carbocycles. The monoisotopic (exact) mass is 469 g/mol. The van der Waals surface area contributed by atoms with E-state index in [1.165, 1.54) is 0 Å². The average molecular weight is 470 g/mol. The molecule has 0 bridgehead atoms. The summed E-state index contributed by atoms with van der Waals surface area (Å²) in [5.41, 5.74) is 1.88. The maximum atomic E-state index is 13.4. The molecule has 4 rings (SSSR count). The molecule has 0 unspecified atom stereocenters. The number of nitrogens with one attached hydrogen (secondary N) is 1. The van der Waals surface area contributed by atoms with Gasteiger partial charge in [0.15, 0.2) is 0 Å². The number of aryl methyl sites for hydroxylation is 1. The Morgan fingerprint density at radius 3 is 1.32 bits per heavy atom. The molecule has 0 aliphatic carbocycles. The lowest BCUT2D eigenvalue weighted by atomic mass is 10.2. The number of rotatable bonds is 5. The Kier molecular flexibility index (Phi) is 11.1. The molecule has 0 saturated carbocycles. The molecular formula is C31H36NOP. The van der Waals surface area contributed by atoms with Crippen molar-refractivity contribution in [1.82, 2.24) is 0 Å². The van der Waals surface area contributed by atoms with Crippen molar-refractivity contribution in [3.05, 3.63) is 121 Å². The van der Waals surface area contributed by atoms with Crippen LogP contribution in [0.2, 0.25) is 0 Å². The van der Waals surface area contributed by atoms with Gasteiger partial charge >= 0.3 is 0 Å². The summed E-state index contributed by atoms with van der Waals surface area (Å²) in [6.07, 6.45) is 0. The molecule has 0 aliphatic rings. The molecule has 0 saturated heterocycles. The Balaban J connectivity index is 0.000000970. The third kappa shape index (κ3) is 6.37. The van der Waals surface area contributed by atoms with Gasteiger partial charge in [-0.2, -0.15) is 0 Å². The molecule has 0 heterocycles. The number of carbonyl (C=O) groups excluding carboxylic acids is 1. The fourth-order valence-corrected chi connectivity index (χ4v) is 7.40. The van der Waals surface area contributed by atoms with Crippen LogP contribution in [-0.4, -0.2) is 11.7 Å². The minimum Gasteiger partial charge on any atom is -0.322 e. The standard InChI is InChI=1S/C27H24NOP.2C2H6/c1-22-13-11-12-20-26(22)28-27(29)21-30(23-14-5-2-6-15-23,24-16-7-3-8-17-24)25-18-9-4-10-19-25;2*1-2/h2-21H,1H3,(H,28,29);2*1-2H3. The summed E-state index contributed by atoms with van der Waals surface area (Å²) in [7, 11) is 0. The number of amides is 1. The highest BCUT2D eigenvalue weighted by Gasteiger charge is 2.26. The van der Waals surface area contributed by atoms with Crippen LogP contribution >= 0.6 is 6.89 Å². The number of hydrogen-bond acceptors (Lipinski definition) is 1. The number of anilines is 1. The predicted molar refractivity (Wildman–Crippen MR) is 154 cm³/mol. The largest absolute Gasteiger partial charge is 0.322 e. The van der Waals surface area contributed by atoms with Crippen LogP contribution < -0.4 is 21.2 Å². The number of hydrogen-bond donors (Lipinski definition) is 1. The zero-order valence-corrected chi connectivity index (χ0v) is 21.8. The van der Waals surface area contributed by atoms with Crippen molar-refractivity contribution in [2.45, 2.75) is 34.6 Å². The van der Waals surface area contributed by atoms with E-state index < -0.39 is 6.89 Å². The Labute approximate surface area is 205 Å². The van der Waals surface area contributed by atoms with E-state index in [0.29, 0.717) is 0 Å². The van der Waals surface area contributed by atoms with Gasteiger partial charge < -0.3 is 5.32 Å². The third-order valence-corrected chi connectivity index (χ3v) is 9.16. The molecule has 0 aliphatic heterocycles. The van der Waals surface area contributed by atoms with Crippen molar-refractivity contribution in [2.24, 2.45) is 0 Å². The molecule has 4 aromatic rings. The Hall–Kier alpha value is -3.35. The number of para-hydroxylation sites is 1. The van der Waals surface area contributed by atoms with E-state index in [0.717, 1.165) is 27.2 Å². The van der Waals surface area contributed by atoms with E-state index in [1.807, 2.05) is 119 Å². The van der Waals surface area contributed by atoms with E-state index in [-0.39, 0.29) is 5.91 Å². The van der Waals surface area contributed by atoms with Gasteiger partial charge in [0.2, 0.25) is 5.91 Å². The van der Waals surface area contributed by atoms with E-state index in [1.54, 1.807) is 0 Å². The molecule has 0 fully saturated rings. The summed E-state index contributed by atoms with van der Waals surface area (Å²) in [5.74, 6) is 1.83. The summed E-state index contributed by atoms with van der Waals surface area (Å²) in [6, 6.07) is 39.0. The van der Waals surface area contributed by atoms with Crippen LogP contribution in [0.4, 0.5) is 5.69 Å². The van der Waals surface area contributed by atoms with Gasteiger partial charge in [0, 0.05) is 11.5 Å². The molecule has 1 amide bonds. The molecule has 1 N–H and O–H groups in total. The van der Waals surface area contributed by atoms with Crippen LogP contribution in [0.1, 0.15) is 33.3 Å². The zero-order valence-electron chi connectivity index (χ0n) is 20.9. The Morgan fingerprint density at radius 2 is 0.941 bits per heavy atom.